The molecule has 19 heteroatoms. The first kappa shape index (κ1) is 45.9. The normalized spacial score (nSPS) is 36.1. The predicted molar refractivity (Wildman–Crippen MR) is 206 cm³/mol. The monoisotopic (exact) mass is 869 g/mol. The van der Waals surface area contributed by atoms with Gasteiger partial charge in [-0.1, -0.05) is 32.0 Å². The lowest BCUT2D eigenvalue weighted by Gasteiger charge is -2.67. The van der Waals surface area contributed by atoms with E-state index in [0.717, 1.165) is 41.5 Å². The van der Waals surface area contributed by atoms with Crippen molar-refractivity contribution >= 4 is 41.8 Å². The molecule has 336 valence electrons. The van der Waals surface area contributed by atoms with Gasteiger partial charge in [-0.3, -0.25) is 33.8 Å². The lowest BCUT2D eigenvalue weighted by Crippen LogP contribution is -2.89. The van der Waals surface area contributed by atoms with Crippen molar-refractivity contribution in [2.24, 2.45) is 17.3 Å². The topological polar surface area (TPSA) is 245 Å². The summed E-state index contributed by atoms with van der Waals surface area (Å²) in [6, 6.07) is 11.4. The summed E-state index contributed by atoms with van der Waals surface area (Å²) in [5, 5.41) is 13.6. The first-order chi connectivity index (χ1) is 29.1. The number of hydrogen-bond acceptors (Lipinski definition) is 19. The van der Waals surface area contributed by atoms with Gasteiger partial charge in [0.15, 0.2) is 30.7 Å². The Kier molecular flexibility index (Phi) is 12.8. The molecule has 6 rings (SSSR count). The van der Waals surface area contributed by atoms with Gasteiger partial charge in [0.25, 0.3) is 0 Å². The fraction of sp³-hybridized carbons (Fsp3) is 0.581. The minimum atomic E-state index is -2.78. The highest BCUT2D eigenvalue weighted by atomic mass is 16.7. The van der Waals surface area contributed by atoms with Gasteiger partial charge >= 0.3 is 41.8 Å². The van der Waals surface area contributed by atoms with Gasteiger partial charge in [0.05, 0.1) is 23.1 Å². The lowest BCUT2D eigenvalue weighted by atomic mass is 9.45. The number of benzene rings is 1. The molecule has 2 aliphatic heterocycles. The van der Waals surface area contributed by atoms with Crippen LogP contribution in [0.4, 0.5) is 0 Å². The largest absolute Gasteiger partial charge is 0.468 e. The fourth-order valence-corrected chi connectivity index (χ4v) is 9.81. The molecule has 2 unspecified atom stereocenters. The summed E-state index contributed by atoms with van der Waals surface area (Å²) in [5.41, 5.74) is -9.83. The van der Waals surface area contributed by atoms with Gasteiger partial charge in [-0.2, -0.15) is 0 Å². The number of hydrogen-bond donors (Lipinski definition) is 1. The van der Waals surface area contributed by atoms with Crippen LogP contribution in [0, 0.1) is 17.3 Å². The SMILES string of the molecule is CC(=O)OC[C@]12[C@H](OC(C)=O)[C@@H](OCOc3ccccc3)[C@@H]3[C@@H](OC(C)=O)[C@@]14O[C@@]3(C)COC(=O)c1cccnc1C(C)C(C)C(=O)O[C@@H]([C@H](OC(C)=O)[C@@H]2OC(C)=O)[C@]4(C)O. The Morgan fingerprint density at radius 3 is 1.97 bits per heavy atom. The zero-order chi connectivity index (χ0) is 45.5. The Balaban J connectivity index is 1.75. The molecule has 62 heavy (non-hydrogen) atoms. The van der Waals surface area contributed by atoms with Crippen molar-refractivity contribution < 1.29 is 86.0 Å². The molecule has 1 aromatic carbocycles. The van der Waals surface area contributed by atoms with E-state index < -0.39 is 138 Å². The van der Waals surface area contributed by atoms with Crippen LogP contribution in [0.3, 0.4) is 0 Å². The predicted octanol–water partition coefficient (Wildman–Crippen LogP) is 2.52. The summed E-state index contributed by atoms with van der Waals surface area (Å²) in [6.45, 7) is 8.58. The maximum absolute atomic E-state index is 14.5. The second-order valence-electron chi connectivity index (χ2n) is 16.5. The van der Waals surface area contributed by atoms with Crippen molar-refractivity contribution in [1.82, 2.24) is 4.98 Å². The maximum atomic E-state index is 14.5. The molecule has 1 aromatic heterocycles. The van der Waals surface area contributed by atoms with E-state index >= 15 is 0 Å². The van der Waals surface area contributed by atoms with Crippen LogP contribution in [-0.2, 0) is 71.4 Å². The van der Waals surface area contributed by atoms with Gasteiger partial charge in [-0.05, 0) is 38.1 Å². The van der Waals surface area contributed by atoms with Crippen molar-refractivity contribution in [2.45, 2.75) is 122 Å². The Bertz CT molecular complexity index is 2090. The Morgan fingerprint density at radius 1 is 0.774 bits per heavy atom. The lowest BCUT2D eigenvalue weighted by molar-refractivity contribution is -0.388. The van der Waals surface area contributed by atoms with Crippen molar-refractivity contribution in [3.05, 3.63) is 59.9 Å². The molecule has 2 aliphatic carbocycles. The molecule has 4 bridgehead atoms. The number of esters is 7. The van der Waals surface area contributed by atoms with Gasteiger partial charge < -0.3 is 52.5 Å². The van der Waals surface area contributed by atoms with Gasteiger partial charge in [0.1, 0.15) is 53.9 Å². The molecular formula is C43H51NO18. The van der Waals surface area contributed by atoms with Crippen LogP contribution < -0.4 is 4.74 Å². The van der Waals surface area contributed by atoms with Gasteiger partial charge in [0.2, 0.25) is 0 Å². The standard InChI is InChI=1S/C43H51NO18/c1-21-22(2)38(50)61-35-33(57-24(4)46)37(60-27(7)49)42(19-53-23(3)45)36(59-26(6)48)32(56-20-55-28-14-11-10-12-15-28)30-34(58-25(5)47)43(42,41(35,9)52)62-40(30,8)18-54-39(51)29-16-13-17-44-31(21)29/h10-17,21-22,30,32-37,52H,18-20H2,1-9H3/t21?,22?,30-,32+,33+,34-,35+,36-,37+,40+,41+,42-,43+/m1/s1. The molecule has 0 radical (unpaired) electrons. The van der Waals surface area contributed by atoms with Crippen molar-refractivity contribution in [3.8, 4) is 5.75 Å². The second-order valence-corrected chi connectivity index (χ2v) is 16.5. The maximum Gasteiger partial charge on any atom is 0.340 e. The number of fused-ring (bicyclic) bond motifs is 5. The minimum absolute atomic E-state index is 0.0121. The van der Waals surface area contributed by atoms with E-state index in [-0.39, 0.29) is 11.3 Å². The summed E-state index contributed by atoms with van der Waals surface area (Å²) < 4.78 is 61.9. The quantitative estimate of drug-likeness (QED) is 0.205. The molecule has 3 fully saturated rings. The summed E-state index contributed by atoms with van der Waals surface area (Å²) in [5.74, 6) is -9.90. The molecule has 1 spiro atoms. The summed E-state index contributed by atoms with van der Waals surface area (Å²) >= 11 is 0. The van der Waals surface area contributed by atoms with Gasteiger partial charge in [0, 0.05) is 46.7 Å². The highest BCUT2D eigenvalue weighted by molar-refractivity contribution is 5.91. The van der Waals surface area contributed by atoms with Crippen molar-refractivity contribution in [1.29, 1.82) is 0 Å². The van der Waals surface area contributed by atoms with E-state index in [2.05, 4.69) is 4.98 Å². The number of ether oxygens (including phenoxy) is 10. The van der Waals surface area contributed by atoms with E-state index in [1.54, 1.807) is 37.3 Å². The summed E-state index contributed by atoms with van der Waals surface area (Å²) in [7, 11) is 0. The highest BCUT2D eigenvalue weighted by Crippen LogP contribution is 2.70. The summed E-state index contributed by atoms with van der Waals surface area (Å²) in [4.78, 5) is 99.5. The van der Waals surface area contributed by atoms with Crippen LogP contribution in [0.1, 0.15) is 84.3 Å². The second kappa shape index (κ2) is 17.2. The fourth-order valence-electron chi connectivity index (χ4n) is 9.81. The van der Waals surface area contributed by atoms with Crippen LogP contribution in [0.5, 0.6) is 5.75 Å². The molecular weight excluding hydrogens is 818 g/mol. The molecule has 3 heterocycles. The molecule has 1 N–H and O–H groups in total. The first-order valence-corrected chi connectivity index (χ1v) is 20.0. The number of carbonyl (C=O) groups excluding carboxylic acids is 7. The number of para-hydroxylation sites is 1. The number of cyclic esters (lactones) is 1. The average molecular weight is 870 g/mol. The molecule has 2 saturated carbocycles. The van der Waals surface area contributed by atoms with Gasteiger partial charge in [-0.15, -0.1) is 0 Å². The average Bonchev–Trinajstić information content (AvgIpc) is 3.41. The molecule has 2 aromatic rings. The molecule has 4 aliphatic rings. The third-order valence-corrected chi connectivity index (χ3v) is 12.4. The molecule has 0 amide bonds. The van der Waals surface area contributed by atoms with Crippen LogP contribution >= 0.6 is 0 Å². The number of aliphatic hydroxyl groups is 1. The molecule has 19 nitrogen and oxygen atoms in total. The minimum Gasteiger partial charge on any atom is -0.468 e. The van der Waals surface area contributed by atoms with E-state index in [4.69, 9.17) is 47.4 Å². The number of pyridine rings is 1. The van der Waals surface area contributed by atoms with Crippen LogP contribution in [0.15, 0.2) is 48.7 Å². The Hall–Kier alpha value is -5.66. The smallest absolute Gasteiger partial charge is 0.340 e. The number of carbonyl (C=O) groups is 7. The highest BCUT2D eigenvalue weighted by Gasteiger charge is 2.91. The van der Waals surface area contributed by atoms with Crippen molar-refractivity contribution in [2.75, 3.05) is 20.0 Å². The number of aromatic nitrogens is 1. The third kappa shape index (κ3) is 7.74. The molecule has 1 saturated heterocycles. The third-order valence-electron chi connectivity index (χ3n) is 12.4. The zero-order valence-corrected chi connectivity index (χ0v) is 35.8. The zero-order valence-electron chi connectivity index (χ0n) is 35.8. The number of rotatable bonds is 10. The van der Waals surface area contributed by atoms with E-state index in [1.165, 1.54) is 32.2 Å². The Morgan fingerprint density at radius 2 is 1.37 bits per heavy atom. The van der Waals surface area contributed by atoms with E-state index in [1.807, 2.05) is 0 Å². The van der Waals surface area contributed by atoms with Crippen LogP contribution in [-0.4, -0.2) is 125 Å². The molecule has 13 atom stereocenters. The van der Waals surface area contributed by atoms with E-state index in [0.29, 0.717) is 5.75 Å². The van der Waals surface area contributed by atoms with Crippen LogP contribution in [0.25, 0.3) is 0 Å². The first-order valence-electron chi connectivity index (χ1n) is 20.0. The van der Waals surface area contributed by atoms with E-state index in [9.17, 15) is 38.7 Å². The van der Waals surface area contributed by atoms with Gasteiger partial charge in [-0.25, -0.2) is 4.79 Å². The van der Waals surface area contributed by atoms with Crippen molar-refractivity contribution in [3.63, 3.8) is 0 Å². The summed E-state index contributed by atoms with van der Waals surface area (Å²) in [6.07, 6.45) is -10.0. The Labute approximate surface area is 356 Å². The van der Waals surface area contributed by atoms with Crippen LogP contribution in [0.2, 0.25) is 0 Å². The number of nitrogens with zero attached hydrogens (tertiary/aromatic N) is 1.